The first kappa shape index (κ1) is 18.0. The van der Waals surface area contributed by atoms with E-state index in [1.807, 2.05) is 30.5 Å². The van der Waals surface area contributed by atoms with Crippen molar-refractivity contribution in [2.24, 2.45) is 0 Å². The van der Waals surface area contributed by atoms with Gasteiger partial charge in [0.15, 0.2) is 4.96 Å². The van der Waals surface area contributed by atoms with Crippen molar-refractivity contribution in [1.82, 2.24) is 14.7 Å². The van der Waals surface area contributed by atoms with Crippen LogP contribution in [0.2, 0.25) is 5.02 Å². The molecule has 0 radical (unpaired) electrons. The molecule has 8 heteroatoms. The SMILES string of the molecule is C[C@@H](NC(=O)CSCc1cc(=O)n2ccsc2n1)c1cccc(Cl)c1. The van der Waals surface area contributed by atoms with Crippen molar-refractivity contribution in [3.63, 3.8) is 0 Å². The lowest BCUT2D eigenvalue weighted by molar-refractivity contribution is -0.119. The van der Waals surface area contributed by atoms with Crippen LogP contribution in [0.25, 0.3) is 4.96 Å². The number of halogens is 1. The van der Waals surface area contributed by atoms with Crippen molar-refractivity contribution in [1.29, 1.82) is 0 Å². The Labute approximate surface area is 158 Å². The van der Waals surface area contributed by atoms with Crippen LogP contribution in [0.1, 0.15) is 24.2 Å². The van der Waals surface area contributed by atoms with Crippen LogP contribution in [0.3, 0.4) is 0 Å². The van der Waals surface area contributed by atoms with Gasteiger partial charge in [-0.2, -0.15) is 0 Å². The Bertz CT molecular complexity index is 954. The number of carbonyl (C=O) groups excluding carboxylic acids is 1. The summed E-state index contributed by atoms with van der Waals surface area (Å²) in [7, 11) is 0. The zero-order chi connectivity index (χ0) is 17.8. The molecule has 130 valence electrons. The average Bonchev–Trinajstić information content (AvgIpc) is 3.04. The van der Waals surface area contributed by atoms with Crippen LogP contribution in [-0.4, -0.2) is 21.0 Å². The molecule has 1 N–H and O–H groups in total. The minimum atomic E-state index is -0.114. The molecule has 1 aromatic carbocycles. The van der Waals surface area contributed by atoms with E-state index in [1.165, 1.54) is 33.6 Å². The summed E-state index contributed by atoms with van der Waals surface area (Å²) in [5.74, 6) is 0.755. The van der Waals surface area contributed by atoms with Crippen LogP contribution in [0.5, 0.6) is 0 Å². The zero-order valence-corrected chi connectivity index (χ0v) is 15.8. The fraction of sp³-hybridized carbons (Fsp3) is 0.235. The van der Waals surface area contributed by atoms with Gasteiger partial charge < -0.3 is 5.32 Å². The number of amides is 1. The third-order valence-electron chi connectivity index (χ3n) is 3.57. The van der Waals surface area contributed by atoms with Gasteiger partial charge in [-0.25, -0.2) is 4.98 Å². The van der Waals surface area contributed by atoms with Gasteiger partial charge in [0.05, 0.1) is 17.5 Å². The van der Waals surface area contributed by atoms with E-state index in [-0.39, 0.29) is 17.5 Å². The molecule has 1 amide bonds. The molecule has 2 heterocycles. The van der Waals surface area contributed by atoms with Crippen LogP contribution >= 0.6 is 34.7 Å². The molecule has 0 bridgehead atoms. The molecule has 3 rings (SSSR count). The monoisotopic (exact) mass is 393 g/mol. The molecular formula is C17H16ClN3O2S2. The molecule has 0 saturated carbocycles. The number of aromatic nitrogens is 2. The Balaban J connectivity index is 1.52. The Morgan fingerprint density at radius 2 is 2.28 bits per heavy atom. The van der Waals surface area contributed by atoms with Crippen LogP contribution in [0, 0.1) is 0 Å². The summed E-state index contributed by atoms with van der Waals surface area (Å²) >= 11 is 8.82. The van der Waals surface area contributed by atoms with Gasteiger partial charge in [0.25, 0.3) is 5.56 Å². The molecule has 5 nitrogen and oxygen atoms in total. The number of hydrogen-bond acceptors (Lipinski definition) is 5. The highest BCUT2D eigenvalue weighted by molar-refractivity contribution is 7.99. The average molecular weight is 394 g/mol. The summed E-state index contributed by atoms with van der Waals surface area (Å²) in [5.41, 5.74) is 1.55. The van der Waals surface area contributed by atoms with Gasteiger partial charge in [-0.3, -0.25) is 14.0 Å². The van der Waals surface area contributed by atoms with Gasteiger partial charge in [0, 0.05) is 28.4 Å². The summed E-state index contributed by atoms with van der Waals surface area (Å²) in [6.07, 6.45) is 1.71. The molecule has 0 saturated heterocycles. The number of carbonyl (C=O) groups is 1. The van der Waals surface area contributed by atoms with E-state index in [2.05, 4.69) is 10.3 Å². The largest absolute Gasteiger partial charge is 0.349 e. The van der Waals surface area contributed by atoms with E-state index in [1.54, 1.807) is 12.3 Å². The maximum atomic E-state index is 12.1. The smallest absolute Gasteiger partial charge is 0.258 e. The van der Waals surface area contributed by atoms with Crippen molar-refractivity contribution < 1.29 is 4.79 Å². The van der Waals surface area contributed by atoms with Crippen LogP contribution in [0.4, 0.5) is 0 Å². The maximum Gasteiger partial charge on any atom is 0.258 e. The van der Waals surface area contributed by atoms with Crippen molar-refractivity contribution in [3.05, 3.63) is 68.5 Å². The van der Waals surface area contributed by atoms with E-state index >= 15 is 0 Å². The first-order valence-corrected chi connectivity index (χ1v) is 10.0. The number of benzene rings is 1. The highest BCUT2D eigenvalue weighted by atomic mass is 35.5. The topological polar surface area (TPSA) is 63.5 Å². The van der Waals surface area contributed by atoms with E-state index in [0.717, 1.165) is 5.56 Å². The number of fused-ring (bicyclic) bond motifs is 1. The zero-order valence-electron chi connectivity index (χ0n) is 13.4. The predicted molar refractivity (Wildman–Crippen MR) is 104 cm³/mol. The Kier molecular flexibility index (Phi) is 5.78. The van der Waals surface area contributed by atoms with Crippen LogP contribution in [-0.2, 0) is 10.5 Å². The molecule has 25 heavy (non-hydrogen) atoms. The molecule has 3 aromatic rings. The van der Waals surface area contributed by atoms with E-state index in [0.29, 0.717) is 27.2 Å². The molecule has 0 aliphatic carbocycles. The van der Waals surface area contributed by atoms with Gasteiger partial charge in [-0.1, -0.05) is 23.7 Å². The highest BCUT2D eigenvalue weighted by Crippen LogP contribution is 2.18. The summed E-state index contributed by atoms with van der Waals surface area (Å²) < 4.78 is 1.51. The second-order valence-corrected chi connectivity index (χ2v) is 7.77. The van der Waals surface area contributed by atoms with Crippen molar-refractivity contribution in [2.75, 3.05) is 5.75 Å². The lowest BCUT2D eigenvalue weighted by atomic mass is 10.1. The highest BCUT2D eigenvalue weighted by Gasteiger charge is 2.11. The molecular weight excluding hydrogens is 378 g/mol. The van der Waals surface area contributed by atoms with Gasteiger partial charge in [-0.15, -0.1) is 23.1 Å². The Morgan fingerprint density at radius 3 is 3.08 bits per heavy atom. The molecule has 2 aromatic heterocycles. The number of thiazole rings is 1. The van der Waals surface area contributed by atoms with Crippen molar-refractivity contribution in [3.8, 4) is 0 Å². The number of rotatable bonds is 6. The summed E-state index contributed by atoms with van der Waals surface area (Å²) in [4.78, 5) is 29.1. The quantitative estimate of drug-likeness (QED) is 0.696. The Morgan fingerprint density at radius 1 is 1.44 bits per heavy atom. The lowest BCUT2D eigenvalue weighted by Crippen LogP contribution is -2.28. The van der Waals surface area contributed by atoms with Crippen LogP contribution in [0.15, 0.2) is 46.7 Å². The van der Waals surface area contributed by atoms with Crippen molar-refractivity contribution in [2.45, 2.75) is 18.7 Å². The van der Waals surface area contributed by atoms with Gasteiger partial charge in [0.2, 0.25) is 5.91 Å². The van der Waals surface area contributed by atoms with E-state index < -0.39 is 0 Å². The predicted octanol–water partition coefficient (Wildman–Crippen LogP) is 3.52. The number of hydrogen-bond donors (Lipinski definition) is 1. The number of nitrogens with zero attached hydrogens (tertiary/aromatic N) is 2. The molecule has 0 fully saturated rings. The third-order valence-corrected chi connectivity index (χ3v) is 5.52. The summed E-state index contributed by atoms with van der Waals surface area (Å²) in [6, 6.07) is 8.83. The number of thioether (sulfide) groups is 1. The second-order valence-electron chi connectivity index (χ2n) is 5.48. The van der Waals surface area contributed by atoms with Gasteiger partial charge in [-0.05, 0) is 24.6 Å². The third kappa shape index (κ3) is 4.62. The normalized spacial score (nSPS) is 12.2. The van der Waals surface area contributed by atoms with Crippen molar-refractivity contribution >= 4 is 45.6 Å². The first-order valence-electron chi connectivity index (χ1n) is 7.61. The maximum absolute atomic E-state index is 12.1. The first-order chi connectivity index (χ1) is 12.0. The summed E-state index contributed by atoms with van der Waals surface area (Å²) in [5, 5.41) is 5.42. The standard InChI is InChI=1S/C17H16ClN3O2S2/c1-11(12-3-2-4-13(18)7-12)19-15(22)10-24-9-14-8-16(23)21-5-6-25-17(21)20-14/h2-8,11H,9-10H2,1H3,(H,19,22)/t11-/m1/s1. The molecule has 1 atom stereocenters. The van der Waals surface area contributed by atoms with Gasteiger partial charge >= 0.3 is 0 Å². The molecule has 0 aliphatic heterocycles. The second kappa shape index (κ2) is 8.03. The molecule has 0 aliphatic rings. The molecule has 0 unspecified atom stereocenters. The fourth-order valence-electron chi connectivity index (χ4n) is 2.35. The van der Waals surface area contributed by atoms with Gasteiger partial charge in [0.1, 0.15) is 0 Å². The van der Waals surface area contributed by atoms with Crippen LogP contribution < -0.4 is 10.9 Å². The Hall–Kier alpha value is -1.83. The summed E-state index contributed by atoms with van der Waals surface area (Å²) in [6.45, 7) is 1.92. The number of nitrogens with one attached hydrogen (secondary N) is 1. The minimum absolute atomic E-state index is 0.0635. The minimum Gasteiger partial charge on any atom is -0.349 e. The molecule has 0 spiro atoms. The lowest BCUT2D eigenvalue weighted by Gasteiger charge is -2.14. The fourth-order valence-corrected chi connectivity index (χ4v) is 4.02. The van der Waals surface area contributed by atoms with E-state index in [9.17, 15) is 9.59 Å². The van der Waals surface area contributed by atoms with E-state index in [4.69, 9.17) is 11.6 Å².